The molecule has 1 aliphatic rings. The highest BCUT2D eigenvalue weighted by Crippen LogP contribution is 2.22. The van der Waals surface area contributed by atoms with E-state index >= 15 is 0 Å². The summed E-state index contributed by atoms with van der Waals surface area (Å²) in [5.41, 5.74) is 8.43. The number of nitrogens with zero attached hydrogens (tertiary/aromatic N) is 3. The first-order chi connectivity index (χ1) is 13.6. The van der Waals surface area contributed by atoms with Crippen molar-refractivity contribution in [2.75, 3.05) is 13.1 Å². The third-order valence-electron chi connectivity index (χ3n) is 5.37. The molecule has 1 saturated heterocycles. The number of imidazole rings is 1. The third kappa shape index (κ3) is 4.02. The number of hydrogen-bond donors (Lipinski definition) is 1. The lowest BCUT2D eigenvalue weighted by Crippen LogP contribution is -2.45. The predicted molar refractivity (Wildman–Crippen MR) is 108 cm³/mol. The van der Waals surface area contributed by atoms with E-state index in [1.165, 1.54) is 0 Å². The number of likely N-dealkylation sites (tertiary alicyclic amines) is 1. The molecule has 3 heterocycles. The van der Waals surface area contributed by atoms with Crippen molar-refractivity contribution >= 4 is 11.6 Å². The van der Waals surface area contributed by atoms with Gasteiger partial charge in [0.25, 0.3) is 5.91 Å². The summed E-state index contributed by atoms with van der Waals surface area (Å²) in [4.78, 5) is 19.4. The average Bonchev–Trinajstić information content (AvgIpc) is 3.15. The van der Waals surface area contributed by atoms with Crippen LogP contribution in [0.2, 0.25) is 0 Å². The first kappa shape index (κ1) is 18.5. The fraction of sp³-hybridized carbons (Fsp3) is 0.364. The van der Waals surface area contributed by atoms with Crippen molar-refractivity contribution in [2.24, 2.45) is 11.7 Å². The van der Waals surface area contributed by atoms with Crippen LogP contribution < -0.4 is 10.5 Å². The van der Waals surface area contributed by atoms with Gasteiger partial charge in [-0.25, -0.2) is 4.98 Å². The van der Waals surface area contributed by atoms with E-state index in [0.717, 1.165) is 37.3 Å². The molecular formula is C22H26N4O2. The van der Waals surface area contributed by atoms with Gasteiger partial charge in [-0.3, -0.25) is 4.79 Å². The van der Waals surface area contributed by atoms with Crippen LogP contribution in [0.3, 0.4) is 0 Å². The van der Waals surface area contributed by atoms with E-state index in [1.807, 2.05) is 71.1 Å². The van der Waals surface area contributed by atoms with Crippen LogP contribution in [0.4, 0.5) is 0 Å². The highest BCUT2D eigenvalue weighted by molar-refractivity contribution is 5.94. The van der Waals surface area contributed by atoms with Gasteiger partial charge in [-0.2, -0.15) is 0 Å². The van der Waals surface area contributed by atoms with Crippen LogP contribution in [-0.4, -0.2) is 39.3 Å². The summed E-state index contributed by atoms with van der Waals surface area (Å²) in [6.07, 6.45) is 6.00. The number of piperidine rings is 1. The van der Waals surface area contributed by atoms with Gasteiger partial charge in [0.1, 0.15) is 18.0 Å². The van der Waals surface area contributed by atoms with E-state index < -0.39 is 0 Å². The number of rotatable bonds is 5. The Morgan fingerprint density at radius 2 is 2.21 bits per heavy atom. The van der Waals surface area contributed by atoms with Crippen molar-refractivity contribution in [3.63, 3.8) is 0 Å². The lowest BCUT2D eigenvalue weighted by atomic mass is 9.92. The molecule has 1 aromatic carbocycles. The number of amides is 1. The molecule has 0 bridgehead atoms. The van der Waals surface area contributed by atoms with Crippen molar-refractivity contribution in [2.45, 2.75) is 32.4 Å². The molecule has 3 aromatic rings. The van der Waals surface area contributed by atoms with Crippen molar-refractivity contribution in [3.8, 4) is 5.75 Å². The number of ether oxygens (including phenoxy) is 1. The molecule has 0 saturated carbocycles. The second-order valence-corrected chi connectivity index (χ2v) is 7.53. The molecule has 4 rings (SSSR count). The molecule has 2 N–H and O–H groups in total. The van der Waals surface area contributed by atoms with Crippen molar-refractivity contribution < 1.29 is 9.53 Å². The topological polar surface area (TPSA) is 72.9 Å². The van der Waals surface area contributed by atoms with Gasteiger partial charge in [0.05, 0.1) is 5.69 Å². The van der Waals surface area contributed by atoms with Crippen LogP contribution in [0, 0.1) is 5.92 Å². The van der Waals surface area contributed by atoms with E-state index in [-0.39, 0.29) is 11.9 Å². The molecule has 1 amide bonds. The fourth-order valence-corrected chi connectivity index (χ4v) is 3.74. The summed E-state index contributed by atoms with van der Waals surface area (Å²) in [7, 11) is 0. The molecule has 28 heavy (non-hydrogen) atoms. The lowest BCUT2D eigenvalue weighted by molar-refractivity contribution is 0.0660. The number of benzene rings is 1. The van der Waals surface area contributed by atoms with Gasteiger partial charge >= 0.3 is 0 Å². The third-order valence-corrected chi connectivity index (χ3v) is 5.37. The van der Waals surface area contributed by atoms with Crippen LogP contribution in [0.15, 0.2) is 54.9 Å². The maximum atomic E-state index is 12.9. The summed E-state index contributed by atoms with van der Waals surface area (Å²) in [6, 6.07) is 13.4. The molecule has 1 fully saturated rings. The minimum Gasteiger partial charge on any atom is -0.487 e. The van der Waals surface area contributed by atoms with Crippen LogP contribution in [0.5, 0.6) is 5.75 Å². The Kier molecular flexibility index (Phi) is 5.30. The number of nitrogens with two attached hydrogens (primary N) is 1. The molecule has 6 heteroatoms. The summed E-state index contributed by atoms with van der Waals surface area (Å²) >= 11 is 0. The Morgan fingerprint density at radius 1 is 1.32 bits per heavy atom. The minimum absolute atomic E-state index is 0.0449. The van der Waals surface area contributed by atoms with Gasteiger partial charge in [0.15, 0.2) is 0 Å². The standard InChI is InChI=1S/C22H26N4O2/c1-16(23)18-7-5-11-26(13-18)22(27)17-6-4-8-20(12-17)28-15-19-14-25-10-3-2-9-21(25)24-19/h2-4,6,8-10,12,14,16,18H,5,7,11,13,15,23H2,1H3/t16-,18-/m0/s1. The van der Waals surface area contributed by atoms with Gasteiger partial charge in [-0.1, -0.05) is 12.1 Å². The fourth-order valence-electron chi connectivity index (χ4n) is 3.74. The first-order valence-electron chi connectivity index (χ1n) is 9.80. The molecule has 146 valence electrons. The lowest BCUT2D eigenvalue weighted by Gasteiger charge is -2.34. The predicted octanol–water partition coefficient (Wildman–Crippen LogP) is 3.11. The zero-order valence-corrected chi connectivity index (χ0v) is 16.1. The van der Waals surface area contributed by atoms with Gasteiger partial charge < -0.3 is 19.8 Å². The maximum Gasteiger partial charge on any atom is 0.253 e. The van der Waals surface area contributed by atoms with E-state index in [4.69, 9.17) is 10.5 Å². The van der Waals surface area contributed by atoms with E-state index in [1.54, 1.807) is 0 Å². The largest absolute Gasteiger partial charge is 0.487 e. The minimum atomic E-state index is 0.0449. The normalized spacial score (nSPS) is 18.2. The van der Waals surface area contributed by atoms with E-state index in [2.05, 4.69) is 4.98 Å². The molecule has 1 aliphatic heterocycles. The molecule has 2 aromatic heterocycles. The monoisotopic (exact) mass is 378 g/mol. The summed E-state index contributed by atoms with van der Waals surface area (Å²) in [6.45, 7) is 3.89. The zero-order valence-electron chi connectivity index (χ0n) is 16.1. The SMILES string of the molecule is C[C@H](N)[C@H]1CCCN(C(=O)c2cccc(OCc3cn4ccccc4n3)c2)C1. The Balaban J connectivity index is 1.43. The smallest absolute Gasteiger partial charge is 0.253 e. The Hall–Kier alpha value is -2.86. The maximum absolute atomic E-state index is 12.9. The number of carbonyl (C=O) groups is 1. The average molecular weight is 378 g/mol. The van der Waals surface area contributed by atoms with Crippen LogP contribution >= 0.6 is 0 Å². The number of pyridine rings is 1. The van der Waals surface area contributed by atoms with Crippen LogP contribution in [0.1, 0.15) is 35.8 Å². The molecular weight excluding hydrogens is 352 g/mol. The number of carbonyl (C=O) groups excluding carboxylic acids is 1. The quantitative estimate of drug-likeness (QED) is 0.740. The Labute approximate surface area is 164 Å². The van der Waals surface area contributed by atoms with Gasteiger partial charge in [-0.15, -0.1) is 0 Å². The van der Waals surface area contributed by atoms with E-state index in [9.17, 15) is 4.79 Å². The molecule has 6 nitrogen and oxygen atoms in total. The van der Waals surface area contributed by atoms with Gasteiger partial charge in [0.2, 0.25) is 0 Å². The summed E-state index contributed by atoms with van der Waals surface area (Å²) < 4.78 is 7.85. The first-order valence-corrected chi connectivity index (χ1v) is 9.80. The molecule has 2 atom stereocenters. The van der Waals surface area contributed by atoms with Crippen molar-refractivity contribution in [1.82, 2.24) is 14.3 Å². The highest BCUT2D eigenvalue weighted by Gasteiger charge is 2.26. The van der Waals surface area contributed by atoms with Crippen LogP contribution in [0.25, 0.3) is 5.65 Å². The molecule has 0 aliphatic carbocycles. The summed E-state index contributed by atoms with van der Waals surface area (Å²) in [5, 5.41) is 0. The van der Waals surface area contributed by atoms with Gasteiger partial charge in [0, 0.05) is 37.1 Å². The molecule has 0 unspecified atom stereocenters. The second kappa shape index (κ2) is 8.02. The van der Waals surface area contributed by atoms with Crippen molar-refractivity contribution in [3.05, 3.63) is 66.1 Å². The zero-order chi connectivity index (χ0) is 19.5. The summed E-state index contributed by atoms with van der Waals surface area (Å²) in [5.74, 6) is 1.08. The van der Waals surface area contributed by atoms with Crippen LogP contribution in [-0.2, 0) is 6.61 Å². The number of fused-ring (bicyclic) bond motifs is 1. The number of hydrogen-bond acceptors (Lipinski definition) is 4. The Bertz CT molecular complexity index is 933. The molecule has 0 radical (unpaired) electrons. The molecule has 0 spiro atoms. The van der Waals surface area contributed by atoms with Crippen molar-refractivity contribution in [1.29, 1.82) is 0 Å². The Morgan fingerprint density at radius 3 is 3.04 bits per heavy atom. The number of aromatic nitrogens is 2. The highest BCUT2D eigenvalue weighted by atomic mass is 16.5. The van der Waals surface area contributed by atoms with E-state index in [0.29, 0.717) is 23.8 Å². The second-order valence-electron chi connectivity index (χ2n) is 7.53. The van der Waals surface area contributed by atoms with Gasteiger partial charge in [-0.05, 0) is 56.0 Å².